The molecule has 2 saturated heterocycles. The smallest absolute Gasteiger partial charge is 0.263 e. The lowest BCUT2D eigenvalue weighted by atomic mass is 9.87. The lowest BCUT2D eigenvalue weighted by molar-refractivity contribution is 0.0965. The summed E-state index contributed by atoms with van der Waals surface area (Å²) in [6.45, 7) is 14.8. The number of benzene rings is 2. The molecule has 0 aromatic heterocycles. The maximum Gasteiger partial charge on any atom is 0.263 e. The highest BCUT2D eigenvalue weighted by Gasteiger charge is 2.72. The van der Waals surface area contributed by atoms with Crippen molar-refractivity contribution in [2.45, 2.75) is 24.7 Å². The van der Waals surface area contributed by atoms with Gasteiger partial charge in [-0.05, 0) is 49.0 Å². The number of halogens is 2. The van der Waals surface area contributed by atoms with Crippen molar-refractivity contribution in [1.82, 2.24) is 19.6 Å². The summed E-state index contributed by atoms with van der Waals surface area (Å²) >= 11 is 0. The van der Waals surface area contributed by atoms with Crippen molar-refractivity contribution >= 4 is 0 Å². The zero-order chi connectivity index (χ0) is 26.6. The standard InChI is InChI=1S/C30H42F2N4O2/c1-3-34-16-18-36(19-17-34)21-23-38-28-10-6-26(7-11-28)29(24-30(29,31)32)25-4-8-27(9-5-25)37-22-20-35-14-12-33(2)13-15-35/h4-11H,3,12-24H2,1-2H3. The zero-order valence-corrected chi connectivity index (χ0v) is 22.9. The minimum Gasteiger partial charge on any atom is -0.492 e. The Morgan fingerprint density at radius 1 is 0.658 bits per heavy atom. The molecule has 8 heteroatoms. The third kappa shape index (κ3) is 6.14. The van der Waals surface area contributed by atoms with Crippen molar-refractivity contribution < 1.29 is 18.3 Å². The Morgan fingerprint density at radius 2 is 1.05 bits per heavy atom. The van der Waals surface area contributed by atoms with E-state index in [1.165, 1.54) is 0 Å². The van der Waals surface area contributed by atoms with Crippen molar-refractivity contribution in [2.75, 3.05) is 92.3 Å². The Hall–Kier alpha value is -2.26. The Kier molecular flexibility index (Phi) is 8.53. The quantitative estimate of drug-likeness (QED) is 0.443. The summed E-state index contributed by atoms with van der Waals surface area (Å²) < 4.78 is 41.6. The van der Waals surface area contributed by atoms with Crippen LogP contribution < -0.4 is 9.47 Å². The van der Waals surface area contributed by atoms with Crippen LogP contribution in [0.1, 0.15) is 24.5 Å². The predicted molar refractivity (Wildman–Crippen MR) is 147 cm³/mol. The maximum absolute atomic E-state index is 14.8. The molecule has 1 aliphatic carbocycles. The van der Waals surface area contributed by atoms with Gasteiger partial charge in [0.1, 0.15) is 24.7 Å². The molecular weight excluding hydrogens is 486 g/mol. The molecule has 38 heavy (non-hydrogen) atoms. The first-order valence-electron chi connectivity index (χ1n) is 14.1. The average Bonchev–Trinajstić information content (AvgIpc) is 3.53. The summed E-state index contributed by atoms with van der Waals surface area (Å²) in [5.74, 6) is -1.31. The van der Waals surface area contributed by atoms with Crippen LogP contribution in [0.5, 0.6) is 11.5 Å². The van der Waals surface area contributed by atoms with Gasteiger partial charge in [-0.25, -0.2) is 8.78 Å². The van der Waals surface area contributed by atoms with Gasteiger partial charge in [-0.2, -0.15) is 0 Å². The third-order valence-corrected chi connectivity index (χ3v) is 8.54. The Morgan fingerprint density at radius 3 is 1.45 bits per heavy atom. The van der Waals surface area contributed by atoms with E-state index in [4.69, 9.17) is 9.47 Å². The molecule has 5 rings (SSSR count). The molecule has 2 aromatic rings. The van der Waals surface area contributed by atoms with Gasteiger partial charge in [-0.3, -0.25) is 9.80 Å². The van der Waals surface area contributed by atoms with Crippen LogP contribution in [-0.2, 0) is 5.41 Å². The average molecular weight is 529 g/mol. The highest BCUT2D eigenvalue weighted by atomic mass is 19.3. The fraction of sp³-hybridized carbons (Fsp3) is 0.600. The first-order chi connectivity index (χ1) is 18.4. The number of hydrogen-bond donors (Lipinski definition) is 0. The molecule has 2 aliphatic heterocycles. The summed E-state index contributed by atoms with van der Waals surface area (Å²) in [5.41, 5.74) is -0.00822. The minimum atomic E-state index is -2.76. The maximum atomic E-state index is 14.8. The summed E-state index contributed by atoms with van der Waals surface area (Å²) in [6.07, 6.45) is -0.173. The van der Waals surface area contributed by atoms with Crippen LogP contribution in [0.15, 0.2) is 48.5 Å². The molecule has 3 fully saturated rings. The molecule has 0 radical (unpaired) electrons. The first kappa shape index (κ1) is 27.3. The van der Waals surface area contributed by atoms with Gasteiger partial charge >= 0.3 is 0 Å². The second-order valence-electron chi connectivity index (χ2n) is 11.0. The van der Waals surface area contributed by atoms with Gasteiger partial charge in [0.05, 0.1) is 5.41 Å². The second kappa shape index (κ2) is 11.9. The SMILES string of the molecule is CCN1CCN(CCOc2ccc(C3(c4ccc(OCCN5CCN(C)CC5)cc4)CC3(F)F)cc2)CC1. The third-order valence-electron chi connectivity index (χ3n) is 8.54. The molecule has 1 unspecified atom stereocenters. The van der Waals surface area contributed by atoms with Crippen molar-refractivity contribution in [1.29, 1.82) is 0 Å². The normalized spacial score (nSPS) is 24.8. The van der Waals surface area contributed by atoms with Crippen molar-refractivity contribution in [3.8, 4) is 11.5 Å². The van der Waals surface area contributed by atoms with E-state index in [2.05, 4.69) is 33.6 Å². The molecule has 6 nitrogen and oxygen atoms in total. The summed E-state index contributed by atoms with van der Waals surface area (Å²) in [4.78, 5) is 9.60. The molecule has 3 aliphatic rings. The Labute approximate surface area is 226 Å². The second-order valence-corrected chi connectivity index (χ2v) is 11.0. The van der Waals surface area contributed by atoms with E-state index < -0.39 is 11.3 Å². The lowest BCUT2D eigenvalue weighted by Gasteiger charge is -2.33. The van der Waals surface area contributed by atoms with E-state index in [-0.39, 0.29) is 6.42 Å². The number of piperazine rings is 2. The molecule has 2 aromatic carbocycles. The highest BCUT2D eigenvalue weighted by molar-refractivity contribution is 5.52. The number of hydrogen-bond acceptors (Lipinski definition) is 6. The summed E-state index contributed by atoms with van der Waals surface area (Å²) in [5, 5.41) is 0. The monoisotopic (exact) mass is 528 g/mol. The van der Waals surface area contributed by atoms with Gasteiger partial charge in [0.2, 0.25) is 0 Å². The van der Waals surface area contributed by atoms with Gasteiger partial charge in [0.15, 0.2) is 0 Å². The highest BCUT2D eigenvalue weighted by Crippen LogP contribution is 2.65. The number of ether oxygens (including phenoxy) is 2. The molecule has 2 heterocycles. The molecule has 1 saturated carbocycles. The van der Waals surface area contributed by atoms with Crippen LogP contribution in [0.25, 0.3) is 0 Å². The summed E-state index contributed by atoms with van der Waals surface area (Å²) in [6, 6.07) is 14.5. The number of rotatable bonds is 11. The Bertz CT molecular complexity index is 1020. The summed E-state index contributed by atoms with van der Waals surface area (Å²) in [7, 11) is 2.14. The van der Waals surface area contributed by atoms with E-state index in [0.29, 0.717) is 24.3 Å². The van der Waals surface area contributed by atoms with Gasteiger partial charge in [-0.15, -0.1) is 0 Å². The minimum absolute atomic E-state index is 0.173. The zero-order valence-electron chi connectivity index (χ0n) is 22.9. The van der Waals surface area contributed by atoms with Crippen LogP contribution in [0, 0.1) is 0 Å². The number of alkyl halides is 2. The first-order valence-corrected chi connectivity index (χ1v) is 14.1. The van der Waals surface area contributed by atoms with Crippen molar-refractivity contribution in [3.63, 3.8) is 0 Å². The van der Waals surface area contributed by atoms with E-state index >= 15 is 0 Å². The van der Waals surface area contributed by atoms with Crippen LogP contribution in [0.4, 0.5) is 8.78 Å². The van der Waals surface area contributed by atoms with E-state index in [9.17, 15) is 8.78 Å². The number of nitrogens with zero attached hydrogens (tertiary/aromatic N) is 4. The number of likely N-dealkylation sites (N-methyl/N-ethyl adjacent to an activating group) is 2. The van der Waals surface area contributed by atoms with Crippen molar-refractivity contribution in [3.05, 3.63) is 59.7 Å². The van der Waals surface area contributed by atoms with Crippen LogP contribution >= 0.6 is 0 Å². The van der Waals surface area contributed by atoms with E-state index in [1.54, 1.807) is 24.3 Å². The molecule has 0 N–H and O–H groups in total. The molecule has 1 atom stereocenters. The molecule has 208 valence electrons. The molecule has 0 spiro atoms. The van der Waals surface area contributed by atoms with Gasteiger partial charge in [-0.1, -0.05) is 31.2 Å². The fourth-order valence-corrected chi connectivity index (χ4v) is 5.74. The van der Waals surface area contributed by atoms with E-state index in [0.717, 1.165) is 83.5 Å². The van der Waals surface area contributed by atoms with Crippen LogP contribution in [-0.4, -0.2) is 118 Å². The van der Waals surface area contributed by atoms with Gasteiger partial charge in [0.25, 0.3) is 5.92 Å². The predicted octanol–water partition coefficient (Wildman–Crippen LogP) is 3.65. The Balaban J connectivity index is 1.13. The van der Waals surface area contributed by atoms with Gasteiger partial charge < -0.3 is 19.3 Å². The van der Waals surface area contributed by atoms with Crippen molar-refractivity contribution in [2.24, 2.45) is 0 Å². The lowest BCUT2D eigenvalue weighted by Crippen LogP contribution is -2.47. The molecule has 0 amide bonds. The topological polar surface area (TPSA) is 31.4 Å². The molecular formula is C30H42F2N4O2. The van der Waals surface area contributed by atoms with Gasteiger partial charge in [0, 0.05) is 71.9 Å². The fourth-order valence-electron chi connectivity index (χ4n) is 5.74. The van der Waals surface area contributed by atoms with Crippen LogP contribution in [0.3, 0.4) is 0 Å². The largest absolute Gasteiger partial charge is 0.492 e. The molecule has 0 bridgehead atoms. The van der Waals surface area contributed by atoms with Crippen LogP contribution in [0.2, 0.25) is 0 Å². The van der Waals surface area contributed by atoms with E-state index in [1.807, 2.05) is 24.3 Å².